The van der Waals surface area contributed by atoms with Crippen LogP contribution in [0, 0.1) is 5.92 Å². The molecule has 0 aromatic heterocycles. The van der Waals surface area contributed by atoms with E-state index in [0.717, 1.165) is 12.8 Å². The summed E-state index contributed by atoms with van der Waals surface area (Å²) in [4.78, 5) is 13.5. The second-order valence-electron chi connectivity index (χ2n) is 5.88. The molecular formula is C13H25NO4. The first kappa shape index (κ1) is 15.2. The number of hydrogen-bond acceptors (Lipinski definition) is 4. The summed E-state index contributed by atoms with van der Waals surface area (Å²) >= 11 is 0. The van der Waals surface area contributed by atoms with Crippen molar-refractivity contribution in [1.29, 1.82) is 0 Å². The first-order chi connectivity index (χ1) is 8.33. The van der Waals surface area contributed by atoms with E-state index in [4.69, 9.17) is 9.84 Å². The summed E-state index contributed by atoms with van der Waals surface area (Å²) in [6.45, 7) is 6.78. The number of carbonyl (C=O) groups excluding carboxylic acids is 1. The predicted molar refractivity (Wildman–Crippen MR) is 68.2 cm³/mol. The van der Waals surface area contributed by atoms with Crippen molar-refractivity contribution in [3.63, 3.8) is 0 Å². The molecule has 1 rings (SSSR count). The molecule has 1 heterocycles. The van der Waals surface area contributed by atoms with Gasteiger partial charge in [0.25, 0.3) is 0 Å². The lowest BCUT2D eigenvalue weighted by Crippen LogP contribution is -2.43. The van der Waals surface area contributed by atoms with Crippen LogP contribution in [0.25, 0.3) is 0 Å². The van der Waals surface area contributed by atoms with Gasteiger partial charge in [0.15, 0.2) is 0 Å². The van der Waals surface area contributed by atoms with Gasteiger partial charge in [0.05, 0.1) is 6.10 Å². The van der Waals surface area contributed by atoms with Gasteiger partial charge >= 0.3 is 6.09 Å². The summed E-state index contributed by atoms with van der Waals surface area (Å²) in [5, 5.41) is 18.6. The Morgan fingerprint density at radius 1 is 1.39 bits per heavy atom. The maximum absolute atomic E-state index is 11.8. The minimum Gasteiger partial charge on any atom is -0.444 e. The van der Waals surface area contributed by atoms with Crippen molar-refractivity contribution in [2.45, 2.75) is 51.7 Å². The maximum atomic E-state index is 11.8. The average Bonchev–Trinajstić information content (AvgIpc) is 2.27. The number of piperidine rings is 1. The van der Waals surface area contributed by atoms with Gasteiger partial charge in [-0.05, 0) is 46.0 Å². The molecule has 0 aromatic rings. The SMILES string of the molecule is CC(C)(C)OC(=O)N1CCC([C@H](O)CCO)CC1. The number of amides is 1. The van der Waals surface area contributed by atoms with Gasteiger partial charge in [-0.1, -0.05) is 0 Å². The third-order valence-corrected chi connectivity index (χ3v) is 3.16. The standard InChI is InChI=1S/C13H25NO4/c1-13(2,3)18-12(17)14-7-4-10(5-8-14)11(16)6-9-15/h10-11,15-16H,4-9H2,1-3H3/t11-/m1/s1. The zero-order valence-electron chi connectivity index (χ0n) is 11.6. The Morgan fingerprint density at radius 2 is 1.94 bits per heavy atom. The average molecular weight is 259 g/mol. The van der Waals surface area contributed by atoms with E-state index >= 15 is 0 Å². The molecule has 0 aromatic carbocycles. The molecule has 1 aliphatic rings. The van der Waals surface area contributed by atoms with Gasteiger partial charge in [-0.15, -0.1) is 0 Å². The predicted octanol–water partition coefficient (Wildman–Crippen LogP) is 1.38. The van der Waals surface area contributed by atoms with E-state index in [1.807, 2.05) is 20.8 Å². The molecule has 0 aliphatic carbocycles. The van der Waals surface area contributed by atoms with Crippen LogP contribution >= 0.6 is 0 Å². The zero-order chi connectivity index (χ0) is 13.8. The molecule has 2 N–H and O–H groups in total. The first-order valence-electron chi connectivity index (χ1n) is 6.60. The second-order valence-corrected chi connectivity index (χ2v) is 5.88. The Labute approximate surface area is 109 Å². The molecule has 18 heavy (non-hydrogen) atoms. The molecule has 1 amide bonds. The van der Waals surface area contributed by atoms with Gasteiger partial charge in [-0.2, -0.15) is 0 Å². The molecular weight excluding hydrogens is 234 g/mol. The summed E-state index contributed by atoms with van der Waals surface area (Å²) in [6.07, 6.45) is 1.20. The van der Waals surface area contributed by atoms with Crippen molar-refractivity contribution in [2.75, 3.05) is 19.7 Å². The van der Waals surface area contributed by atoms with Crippen LogP contribution in [0.15, 0.2) is 0 Å². The van der Waals surface area contributed by atoms with Crippen LogP contribution in [0.4, 0.5) is 4.79 Å². The molecule has 1 fully saturated rings. The molecule has 5 nitrogen and oxygen atoms in total. The van der Waals surface area contributed by atoms with Crippen LogP contribution in [-0.2, 0) is 4.74 Å². The normalized spacial score (nSPS) is 19.7. The molecule has 106 valence electrons. The molecule has 1 atom stereocenters. The van der Waals surface area contributed by atoms with Gasteiger partial charge in [0, 0.05) is 19.7 Å². The Hall–Kier alpha value is -0.810. The van der Waals surface area contributed by atoms with E-state index in [9.17, 15) is 9.90 Å². The van der Waals surface area contributed by atoms with Crippen molar-refractivity contribution in [1.82, 2.24) is 4.90 Å². The minimum atomic E-state index is -0.468. The molecule has 0 radical (unpaired) electrons. The highest BCUT2D eigenvalue weighted by Crippen LogP contribution is 2.23. The van der Waals surface area contributed by atoms with E-state index in [2.05, 4.69) is 0 Å². The number of rotatable bonds is 3. The highest BCUT2D eigenvalue weighted by atomic mass is 16.6. The highest BCUT2D eigenvalue weighted by molar-refractivity contribution is 5.68. The topological polar surface area (TPSA) is 70.0 Å². The largest absolute Gasteiger partial charge is 0.444 e. The Bertz CT molecular complexity index is 267. The van der Waals surface area contributed by atoms with Crippen molar-refractivity contribution in [2.24, 2.45) is 5.92 Å². The lowest BCUT2D eigenvalue weighted by molar-refractivity contribution is 0.00450. The summed E-state index contributed by atoms with van der Waals surface area (Å²) in [7, 11) is 0. The van der Waals surface area contributed by atoms with Gasteiger partial charge in [-0.3, -0.25) is 0 Å². The lowest BCUT2D eigenvalue weighted by Gasteiger charge is -2.35. The van der Waals surface area contributed by atoms with E-state index in [1.165, 1.54) is 0 Å². The minimum absolute atomic E-state index is 0.00739. The molecule has 0 saturated carbocycles. The van der Waals surface area contributed by atoms with Crippen molar-refractivity contribution in [3.05, 3.63) is 0 Å². The van der Waals surface area contributed by atoms with E-state index in [0.29, 0.717) is 19.5 Å². The molecule has 0 bridgehead atoms. The second kappa shape index (κ2) is 6.38. The van der Waals surface area contributed by atoms with Gasteiger partial charge < -0.3 is 19.8 Å². The number of aliphatic hydroxyl groups excluding tert-OH is 2. The molecule has 0 spiro atoms. The third kappa shape index (κ3) is 4.82. The van der Waals surface area contributed by atoms with E-state index in [-0.39, 0.29) is 18.6 Å². The smallest absolute Gasteiger partial charge is 0.410 e. The van der Waals surface area contributed by atoms with Crippen LogP contribution in [0.2, 0.25) is 0 Å². The fraction of sp³-hybridized carbons (Fsp3) is 0.923. The molecule has 5 heteroatoms. The number of nitrogens with zero attached hydrogens (tertiary/aromatic N) is 1. The molecule has 0 unspecified atom stereocenters. The van der Waals surface area contributed by atoms with Gasteiger partial charge in [0.1, 0.15) is 5.60 Å². The van der Waals surface area contributed by atoms with Gasteiger partial charge in [0.2, 0.25) is 0 Å². The van der Waals surface area contributed by atoms with Crippen LogP contribution in [0.3, 0.4) is 0 Å². The van der Waals surface area contributed by atoms with Crippen LogP contribution in [0.5, 0.6) is 0 Å². The number of carbonyl (C=O) groups is 1. The Kier molecular flexibility index (Phi) is 5.41. The highest BCUT2D eigenvalue weighted by Gasteiger charge is 2.29. The molecule has 1 saturated heterocycles. The summed E-state index contributed by atoms with van der Waals surface area (Å²) in [5.41, 5.74) is -0.468. The summed E-state index contributed by atoms with van der Waals surface area (Å²) in [6, 6.07) is 0. The number of aliphatic hydroxyl groups is 2. The van der Waals surface area contributed by atoms with E-state index < -0.39 is 11.7 Å². The monoisotopic (exact) mass is 259 g/mol. The van der Waals surface area contributed by atoms with Crippen LogP contribution in [-0.4, -0.2) is 52.6 Å². The fourth-order valence-corrected chi connectivity index (χ4v) is 2.16. The number of hydrogen-bond donors (Lipinski definition) is 2. The Balaban J connectivity index is 2.37. The van der Waals surface area contributed by atoms with Gasteiger partial charge in [-0.25, -0.2) is 4.79 Å². The van der Waals surface area contributed by atoms with Crippen molar-refractivity contribution >= 4 is 6.09 Å². The van der Waals surface area contributed by atoms with Crippen LogP contribution < -0.4 is 0 Å². The van der Waals surface area contributed by atoms with Crippen LogP contribution in [0.1, 0.15) is 40.0 Å². The van der Waals surface area contributed by atoms with Crippen molar-refractivity contribution in [3.8, 4) is 0 Å². The number of likely N-dealkylation sites (tertiary alicyclic amines) is 1. The number of ether oxygens (including phenoxy) is 1. The quantitative estimate of drug-likeness (QED) is 0.803. The molecule has 1 aliphatic heterocycles. The maximum Gasteiger partial charge on any atom is 0.410 e. The van der Waals surface area contributed by atoms with E-state index in [1.54, 1.807) is 4.90 Å². The zero-order valence-corrected chi connectivity index (χ0v) is 11.6. The Morgan fingerprint density at radius 3 is 2.39 bits per heavy atom. The van der Waals surface area contributed by atoms with Crippen molar-refractivity contribution < 1.29 is 19.7 Å². The summed E-state index contributed by atoms with van der Waals surface area (Å²) < 4.78 is 5.30. The third-order valence-electron chi connectivity index (χ3n) is 3.16. The summed E-state index contributed by atoms with van der Waals surface area (Å²) in [5.74, 6) is 0.177. The fourth-order valence-electron chi connectivity index (χ4n) is 2.16. The lowest BCUT2D eigenvalue weighted by atomic mass is 9.90. The first-order valence-corrected chi connectivity index (χ1v) is 6.60.